The zero-order chi connectivity index (χ0) is 32.4. The van der Waals surface area contributed by atoms with Gasteiger partial charge in [0.1, 0.15) is 12.1 Å². The highest BCUT2D eigenvalue weighted by Gasteiger charge is 2.49. The molecular weight excluding hydrogens is 584 g/mol. The topological polar surface area (TPSA) is 158 Å². The maximum absolute atomic E-state index is 14.1. The average Bonchev–Trinajstić information content (AvgIpc) is 3.66. The quantitative estimate of drug-likeness (QED) is 0.177. The number of benzene rings is 2. The van der Waals surface area contributed by atoms with E-state index in [0.29, 0.717) is 44.4 Å². The lowest BCUT2D eigenvalue weighted by Crippen LogP contribution is -2.62. The van der Waals surface area contributed by atoms with Crippen molar-refractivity contribution in [2.75, 3.05) is 26.2 Å². The molecule has 3 aliphatic rings. The summed E-state index contributed by atoms with van der Waals surface area (Å²) in [6.07, 6.45) is 4.30. The Bertz CT molecular complexity index is 1640. The number of imidazole rings is 1. The molecule has 12 heteroatoms. The summed E-state index contributed by atoms with van der Waals surface area (Å²) in [4.78, 5) is 64.3. The first-order chi connectivity index (χ1) is 22.2. The van der Waals surface area contributed by atoms with Gasteiger partial charge in [-0.2, -0.15) is 0 Å². The smallest absolute Gasteiger partial charge is 0.245 e. The Labute approximate surface area is 268 Å². The predicted molar refractivity (Wildman–Crippen MR) is 173 cm³/mol. The number of amides is 3. The van der Waals surface area contributed by atoms with Crippen LogP contribution in [0.1, 0.15) is 54.7 Å². The van der Waals surface area contributed by atoms with Crippen LogP contribution in [0.3, 0.4) is 0 Å². The summed E-state index contributed by atoms with van der Waals surface area (Å²) in [6.45, 7) is 1.62. The van der Waals surface area contributed by atoms with E-state index in [-0.39, 0.29) is 41.8 Å². The molecule has 4 N–H and O–H groups in total. The van der Waals surface area contributed by atoms with Gasteiger partial charge in [-0.15, -0.1) is 0 Å². The molecule has 0 aliphatic carbocycles. The number of carbonyl (C=O) groups is 4. The number of Topliss-reactive ketones (excluding diaryl/α,β-unsaturated/α-hetero) is 1. The summed E-state index contributed by atoms with van der Waals surface area (Å²) in [5.74, 6) is -0.867. The Balaban J connectivity index is 1.16. The van der Waals surface area contributed by atoms with Crippen molar-refractivity contribution in [2.45, 2.75) is 63.1 Å². The van der Waals surface area contributed by atoms with E-state index >= 15 is 0 Å². The Kier molecular flexibility index (Phi) is 9.05. The van der Waals surface area contributed by atoms with Crippen LogP contribution in [0.15, 0.2) is 54.6 Å². The van der Waals surface area contributed by atoms with Crippen LogP contribution in [-0.2, 0) is 27.9 Å². The summed E-state index contributed by atoms with van der Waals surface area (Å²) in [5, 5.41) is 10.9. The second-order valence-electron chi connectivity index (χ2n) is 12.7. The summed E-state index contributed by atoms with van der Waals surface area (Å²) in [7, 11) is 1.78. The molecule has 3 saturated heterocycles. The minimum atomic E-state index is -0.899. The molecular formula is C34H42N8O4. The van der Waals surface area contributed by atoms with Crippen LogP contribution in [-0.4, -0.2) is 98.0 Å². The largest absolute Gasteiger partial charge is 0.370 e. The van der Waals surface area contributed by atoms with Crippen LogP contribution in [0.5, 0.6) is 0 Å². The van der Waals surface area contributed by atoms with Crippen LogP contribution in [0.2, 0.25) is 0 Å². The number of piperazine rings is 1. The molecule has 3 amide bonds. The first-order valence-corrected chi connectivity index (χ1v) is 16.2. The van der Waals surface area contributed by atoms with Crippen molar-refractivity contribution in [2.24, 2.45) is 18.7 Å². The van der Waals surface area contributed by atoms with Gasteiger partial charge in [0.05, 0.1) is 23.6 Å². The summed E-state index contributed by atoms with van der Waals surface area (Å²) < 4.78 is 1.74. The van der Waals surface area contributed by atoms with Crippen molar-refractivity contribution in [3.05, 3.63) is 66.0 Å². The third-order valence-electron chi connectivity index (χ3n) is 9.70. The van der Waals surface area contributed by atoms with E-state index in [4.69, 9.17) is 11.1 Å². The first-order valence-electron chi connectivity index (χ1n) is 16.2. The Morgan fingerprint density at radius 3 is 2.59 bits per heavy atom. The molecule has 4 heterocycles. The van der Waals surface area contributed by atoms with Gasteiger partial charge in [-0.05, 0) is 68.6 Å². The summed E-state index contributed by atoms with van der Waals surface area (Å²) >= 11 is 0. The molecule has 0 saturated carbocycles. The number of carbonyl (C=O) groups excluding carboxylic acids is 4. The maximum Gasteiger partial charge on any atom is 0.245 e. The van der Waals surface area contributed by atoms with Crippen LogP contribution >= 0.6 is 0 Å². The molecule has 3 fully saturated rings. The standard InChI is InChI=1S/C34H42N8O4/c1-39-26-14-6-5-13-24(26)37-31(39)30(44)25(19-23-12-8-18-41(20-23)34(35)36)38-32(45)27-15-16-28-33(46)40(21-29(43)42(27)28)17-7-11-22-9-3-2-4-10-22/h2-6,9-10,13-14,23,25,27-28H,7-8,11-12,15-21H2,1H3,(H3,35,36)(H,38,45)/t23-,25-,27-,28-/m0/s1. The molecule has 0 radical (unpaired) electrons. The number of hydrogen-bond donors (Lipinski definition) is 3. The van der Waals surface area contributed by atoms with Crippen molar-refractivity contribution in [3.63, 3.8) is 0 Å². The number of piperidine rings is 1. The van der Waals surface area contributed by atoms with Crippen LogP contribution in [0.4, 0.5) is 0 Å². The lowest BCUT2D eigenvalue weighted by Gasteiger charge is -2.39. The third-order valence-corrected chi connectivity index (χ3v) is 9.70. The van der Waals surface area contributed by atoms with Crippen molar-refractivity contribution < 1.29 is 19.2 Å². The van der Waals surface area contributed by atoms with Crippen molar-refractivity contribution >= 4 is 40.5 Å². The number of nitrogens with two attached hydrogens (primary N) is 1. The Morgan fingerprint density at radius 2 is 1.83 bits per heavy atom. The van der Waals surface area contributed by atoms with E-state index in [1.807, 2.05) is 54.6 Å². The zero-order valence-corrected chi connectivity index (χ0v) is 26.2. The lowest BCUT2D eigenvalue weighted by atomic mass is 9.89. The number of nitrogens with zero attached hydrogens (tertiary/aromatic N) is 5. The monoisotopic (exact) mass is 626 g/mol. The summed E-state index contributed by atoms with van der Waals surface area (Å²) in [5.41, 5.74) is 8.45. The minimum absolute atomic E-state index is 0.00801. The van der Waals surface area contributed by atoms with E-state index in [2.05, 4.69) is 10.3 Å². The molecule has 3 aromatic rings. The number of fused-ring (bicyclic) bond motifs is 2. The molecule has 0 unspecified atom stereocenters. The van der Waals surface area contributed by atoms with Crippen molar-refractivity contribution in [1.29, 1.82) is 5.41 Å². The molecule has 6 rings (SSSR count). The van der Waals surface area contributed by atoms with Gasteiger partial charge in [-0.25, -0.2) is 4.98 Å². The van der Waals surface area contributed by atoms with Gasteiger partial charge in [0.25, 0.3) is 0 Å². The fourth-order valence-corrected chi connectivity index (χ4v) is 7.33. The number of para-hydroxylation sites is 2. The van der Waals surface area contributed by atoms with Gasteiger partial charge in [0, 0.05) is 26.7 Å². The molecule has 242 valence electrons. The van der Waals surface area contributed by atoms with Crippen LogP contribution < -0.4 is 11.1 Å². The number of aromatic nitrogens is 2. The molecule has 46 heavy (non-hydrogen) atoms. The third kappa shape index (κ3) is 6.33. The normalized spacial score (nSPS) is 22.2. The van der Waals surface area contributed by atoms with Crippen LogP contribution in [0.25, 0.3) is 11.0 Å². The second-order valence-corrected chi connectivity index (χ2v) is 12.7. The zero-order valence-electron chi connectivity index (χ0n) is 26.2. The number of nitrogens with one attached hydrogen (secondary N) is 2. The predicted octanol–water partition coefficient (Wildman–Crippen LogP) is 2.07. The van der Waals surface area contributed by atoms with Gasteiger partial charge >= 0.3 is 0 Å². The van der Waals surface area contributed by atoms with Crippen molar-refractivity contribution in [3.8, 4) is 0 Å². The maximum atomic E-state index is 14.1. The number of hydrogen-bond acceptors (Lipinski definition) is 6. The number of ketones is 1. The molecule has 0 bridgehead atoms. The molecule has 12 nitrogen and oxygen atoms in total. The number of likely N-dealkylation sites (tertiary alicyclic amines) is 1. The van der Waals surface area contributed by atoms with Gasteiger partial charge in [0.2, 0.25) is 23.5 Å². The molecule has 4 atom stereocenters. The van der Waals surface area contributed by atoms with Gasteiger partial charge in [0.15, 0.2) is 11.8 Å². The number of guanidine groups is 1. The Morgan fingerprint density at radius 1 is 1.07 bits per heavy atom. The van der Waals surface area contributed by atoms with Gasteiger partial charge < -0.3 is 30.3 Å². The fourth-order valence-electron chi connectivity index (χ4n) is 7.33. The highest BCUT2D eigenvalue weighted by Crippen LogP contribution is 2.30. The highest BCUT2D eigenvalue weighted by molar-refractivity contribution is 6.03. The SMILES string of the molecule is Cn1c(C(=O)[C@H](C[C@@H]2CCCN(C(=N)N)C2)NC(=O)[C@@H]2CC[C@H]3C(=O)N(CCCc4ccccc4)CC(=O)N23)nc2ccccc21. The number of aryl methyl sites for hydroxylation is 2. The summed E-state index contributed by atoms with van der Waals surface area (Å²) in [6, 6.07) is 15.1. The molecule has 0 spiro atoms. The Hall–Kier alpha value is -4.74. The van der Waals surface area contributed by atoms with E-state index in [9.17, 15) is 19.2 Å². The second kappa shape index (κ2) is 13.3. The lowest BCUT2D eigenvalue weighted by molar-refractivity contribution is -0.157. The minimum Gasteiger partial charge on any atom is -0.370 e. The fraction of sp³-hybridized carbons (Fsp3) is 0.471. The van der Waals surface area contributed by atoms with Gasteiger partial charge in [-0.3, -0.25) is 24.6 Å². The average molecular weight is 627 g/mol. The number of rotatable bonds is 10. The first kappa shape index (κ1) is 31.3. The van der Waals surface area contributed by atoms with Crippen LogP contribution in [0, 0.1) is 11.3 Å². The van der Waals surface area contributed by atoms with Crippen molar-refractivity contribution in [1.82, 2.24) is 29.6 Å². The molecule has 3 aliphatic heterocycles. The van der Waals surface area contributed by atoms with E-state index in [0.717, 1.165) is 31.2 Å². The molecule has 2 aromatic carbocycles. The highest BCUT2D eigenvalue weighted by atomic mass is 16.2. The van der Waals surface area contributed by atoms with E-state index in [1.165, 1.54) is 10.5 Å². The van der Waals surface area contributed by atoms with E-state index in [1.54, 1.807) is 21.4 Å². The van der Waals surface area contributed by atoms with Gasteiger partial charge in [-0.1, -0.05) is 42.5 Å². The molecule has 1 aromatic heterocycles. The van der Waals surface area contributed by atoms with E-state index < -0.39 is 24.0 Å².